The molecule has 0 amide bonds. The maximum absolute atomic E-state index is 12.4. The number of halogens is 3. The van der Waals surface area contributed by atoms with Crippen LogP contribution in [0.2, 0.25) is 0 Å². The Bertz CT molecular complexity index is 677. The third-order valence-electron chi connectivity index (χ3n) is 2.48. The monoisotopic (exact) mass is 279 g/mol. The van der Waals surface area contributed by atoms with Crippen LogP contribution < -0.4 is 10.5 Å². The lowest BCUT2D eigenvalue weighted by atomic mass is 10.1. The Morgan fingerprint density at radius 2 is 1.90 bits per heavy atom. The van der Waals surface area contributed by atoms with Crippen LogP contribution in [-0.2, 0) is 0 Å². The summed E-state index contributed by atoms with van der Waals surface area (Å²) in [5, 5.41) is 8.88. The maximum Gasteiger partial charge on any atom is 0.573 e. The molecule has 0 atom stereocenters. The Labute approximate surface area is 112 Å². The number of nitrogens with two attached hydrogens (primary N) is 1. The summed E-state index contributed by atoms with van der Waals surface area (Å²) in [4.78, 5) is 3.92. The Hall–Kier alpha value is -2.75. The van der Waals surface area contributed by atoms with E-state index in [1.807, 2.05) is 6.07 Å². The number of anilines is 1. The van der Waals surface area contributed by atoms with Gasteiger partial charge in [0.15, 0.2) is 0 Å². The number of hydrogen-bond acceptors (Lipinski definition) is 4. The van der Waals surface area contributed by atoms with Crippen molar-refractivity contribution in [3.05, 3.63) is 42.1 Å². The molecule has 102 valence electrons. The molecule has 4 nitrogen and oxygen atoms in total. The van der Waals surface area contributed by atoms with Crippen LogP contribution in [0.1, 0.15) is 5.56 Å². The van der Waals surface area contributed by atoms with E-state index in [0.29, 0.717) is 0 Å². The Balaban J connectivity index is 2.57. The third kappa shape index (κ3) is 2.80. The normalized spacial score (nSPS) is 10.9. The first-order valence-corrected chi connectivity index (χ1v) is 5.42. The summed E-state index contributed by atoms with van der Waals surface area (Å²) >= 11 is 0. The molecule has 2 aromatic rings. The molecule has 2 rings (SSSR count). The van der Waals surface area contributed by atoms with Crippen LogP contribution in [-0.4, -0.2) is 11.3 Å². The maximum atomic E-state index is 12.4. The summed E-state index contributed by atoms with van der Waals surface area (Å²) in [6.07, 6.45) is -3.52. The minimum absolute atomic E-state index is 0.00762. The van der Waals surface area contributed by atoms with Crippen LogP contribution in [0.3, 0.4) is 0 Å². The van der Waals surface area contributed by atoms with Crippen molar-refractivity contribution in [1.29, 1.82) is 5.26 Å². The van der Waals surface area contributed by atoms with E-state index in [1.165, 1.54) is 30.5 Å². The molecule has 1 aromatic heterocycles. The molecule has 0 aliphatic rings. The van der Waals surface area contributed by atoms with Gasteiger partial charge in [0.2, 0.25) is 0 Å². The van der Waals surface area contributed by atoms with Crippen molar-refractivity contribution in [1.82, 2.24) is 4.98 Å². The molecule has 0 saturated heterocycles. The molecule has 0 fully saturated rings. The topological polar surface area (TPSA) is 71.9 Å². The Kier molecular flexibility index (Phi) is 3.48. The van der Waals surface area contributed by atoms with Crippen LogP contribution in [0.15, 0.2) is 36.5 Å². The van der Waals surface area contributed by atoms with Gasteiger partial charge < -0.3 is 10.5 Å². The number of pyridine rings is 1. The highest BCUT2D eigenvalue weighted by Gasteiger charge is 2.32. The molecule has 0 bridgehead atoms. The van der Waals surface area contributed by atoms with Crippen LogP contribution in [0, 0.1) is 11.3 Å². The second kappa shape index (κ2) is 5.09. The zero-order chi connectivity index (χ0) is 14.8. The first-order valence-electron chi connectivity index (χ1n) is 5.42. The summed E-state index contributed by atoms with van der Waals surface area (Å²) in [5.41, 5.74) is 6.02. The minimum Gasteiger partial charge on any atom is -0.405 e. The molecular weight excluding hydrogens is 271 g/mol. The molecule has 7 heteroatoms. The van der Waals surface area contributed by atoms with Crippen molar-refractivity contribution < 1.29 is 17.9 Å². The van der Waals surface area contributed by atoms with Gasteiger partial charge in [0.05, 0.1) is 16.9 Å². The average Bonchev–Trinajstić information content (AvgIpc) is 2.38. The van der Waals surface area contributed by atoms with Crippen LogP contribution >= 0.6 is 0 Å². The largest absolute Gasteiger partial charge is 0.573 e. The fourth-order valence-corrected chi connectivity index (χ4v) is 1.66. The smallest absolute Gasteiger partial charge is 0.405 e. The Morgan fingerprint density at radius 3 is 2.55 bits per heavy atom. The van der Waals surface area contributed by atoms with E-state index >= 15 is 0 Å². The van der Waals surface area contributed by atoms with E-state index in [-0.39, 0.29) is 22.5 Å². The van der Waals surface area contributed by atoms with Gasteiger partial charge in [-0.1, -0.05) is 12.1 Å². The molecule has 0 radical (unpaired) electrons. The average molecular weight is 279 g/mol. The number of aromatic nitrogens is 1. The van der Waals surface area contributed by atoms with E-state index in [9.17, 15) is 13.2 Å². The van der Waals surface area contributed by atoms with Crippen LogP contribution in [0.4, 0.5) is 18.9 Å². The molecule has 2 N–H and O–H groups in total. The number of benzene rings is 1. The lowest BCUT2D eigenvalue weighted by Gasteiger charge is -2.14. The summed E-state index contributed by atoms with van der Waals surface area (Å²) < 4.78 is 41.0. The third-order valence-corrected chi connectivity index (χ3v) is 2.48. The van der Waals surface area contributed by atoms with Crippen molar-refractivity contribution in [3.8, 4) is 23.1 Å². The van der Waals surface area contributed by atoms with Gasteiger partial charge in [0.25, 0.3) is 0 Å². The van der Waals surface area contributed by atoms with E-state index < -0.39 is 12.1 Å². The highest BCUT2D eigenvalue weighted by atomic mass is 19.4. The second-order valence-electron chi connectivity index (χ2n) is 3.78. The number of alkyl halides is 3. The van der Waals surface area contributed by atoms with E-state index in [1.54, 1.807) is 0 Å². The lowest BCUT2D eigenvalue weighted by molar-refractivity contribution is -0.274. The zero-order valence-corrected chi connectivity index (χ0v) is 9.98. The van der Waals surface area contributed by atoms with Gasteiger partial charge in [-0.25, -0.2) is 0 Å². The molecular formula is C13H8F3N3O. The number of nitrogens with zero attached hydrogens (tertiary/aromatic N) is 2. The van der Waals surface area contributed by atoms with E-state index in [2.05, 4.69) is 9.72 Å². The van der Waals surface area contributed by atoms with Crippen LogP contribution in [0.5, 0.6) is 5.75 Å². The minimum atomic E-state index is -4.82. The van der Waals surface area contributed by atoms with Crippen molar-refractivity contribution in [2.24, 2.45) is 0 Å². The number of hydrogen-bond donors (Lipinski definition) is 1. The molecule has 0 unspecified atom stereocenters. The molecule has 0 spiro atoms. The van der Waals surface area contributed by atoms with Crippen molar-refractivity contribution >= 4 is 5.69 Å². The molecule has 1 aromatic carbocycles. The quantitative estimate of drug-likeness (QED) is 0.916. The van der Waals surface area contributed by atoms with Crippen molar-refractivity contribution in [2.45, 2.75) is 6.36 Å². The number of nitrogen functional groups attached to an aromatic ring is 1. The molecule has 20 heavy (non-hydrogen) atoms. The summed E-state index contributed by atoms with van der Waals surface area (Å²) in [6.45, 7) is 0. The number of para-hydroxylation sites is 1. The van der Waals surface area contributed by atoms with Crippen LogP contribution in [0.25, 0.3) is 11.3 Å². The number of nitriles is 1. The molecule has 0 aliphatic carbocycles. The Morgan fingerprint density at radius 1 is 1.20 bits per heavy atom. The lowest BCUT2D eigenvalue weighted by Crippen LogP contribution is -2.17. The SMILES string of the molecule is N#Cc1ccnc(-c2ccccc2OC(F)(F)F)c1N. The predicted octanol–water partition coefficient (Wildman–Crippen LogP) is 3.10. The van der Waals surface area contributed by atoms with E-state index in [4.69, 9.17) is 11.0 Å². The van der Waals surface area contributed by atoms with Gasteiger partial charge in [-0.05, 0) is 18.2 Å². The van der Waals surface area contributed by atoms with E-state index in [0.717, 1.165) is 6.07 Å². The van der Waals surface area contributed by atoms with Gasteiger partial charge in [-0.3, -0.25) is 4.98 Å². The zero-order valence-electron chi connectivity index (χ0n) is 9.98. The highest BCUT2D eigenvalue weighted by Crippen LogP contribution is 2.35. The summed E-state index contributed by atoms with van der Waals surface area (Å²) in [7, 11) is 0. The molecule has 0 saturated carbocycles. The number of ether oxygens (including phenoxy) is 1. The van der Waals surface area contributed by atoms with Gasteiger partial charge in [0, 0.05) is 11.8 Å². The van der Waals surface area contributed by atoms with Crippen molar-refractivity contribution in [2.75, 3.05) is 5.73 Å². The first kappa shape index (κ1) is 13.7. The molecule has 1 heterocycles. The summed E-state index contributed by atoms with van der Waals surface area (Å²) in [5.74, 6) is -0.422. The van der Waals surface area contributed by atoms with Gasteiger partial charge in [-0.2, -0.15) is 5.26 Å². The van der Waals surface area contributed by atoms with Crippen molar-refractivity contribution in [3.63, 3.8) is 0 Å². The standard InChI is InChI=1S/C13H8F3N3O/c14-13(15,16)20-10-4-2-1-3-9(10)12-11(18)8(7-17)5-6-19-12/h1-6H,18H2. The van der Waals surface area contributed by atoms with Gasteiger partial charge >= 0.3 is 6.36 Å². The van der Waals surface area contributed by atoms with Gasteiger partial charge in [-0.15, -0.1) is 13.2 Å². The summed E-state index contributed by atoms with van der Waals surface area (Å²) in [6, 6.07) is 8.70. The second-order valence-corrected chi connectivity index (χ2v) is 3.78. The number of rotatable bonds is 2. The molecule has 0 aliphatic heterocycles. The van der Waals surface area contributed by atoms with Gasteiger partial charge in [0.1, 0.15) is 11.8 Å². The first-order chi connectivity index (χ1) is 9.42. The fourth-order valence-electron chi connectivity index (χ4n) is 1.66. The fraction of sp³-hybridized carbons (Fsp3) is 0.0769. The highest BCUT2D eigenvalue weighted by molar-refractivity contribution is 5.80. The predicted molar refractivity (Wildman–Crippen MR) is 65.5 cm³/mol.